The first kappa shape index (κ1) is 21.5. The van der Waals surface area contributed by atoms with Crippen LogP contribution in [-0.2, 0) is 4.79 Å². The first-order valence-electron chi connectivity index (χ1n) is 10.2. The number of Topliss-reactive ketones (excluding diaryl/α,β-unsaturated/α-hetero) is 1. The minimum atomic E-state index is -0.943. The number of benzene rings is 1. The number of aliphatic hydroxyl groups excluding tert-OH is 1. The summed E-state index contributed by atoms with van der Waals surface area (Å²) in [5, 5.41) is 21.1. The third-order valence-electron chi connectivity index (χ3n) is 5.55. The highest BCUT2D eigenvalue weighted by atomic mass is 35.5. The lowest BCUT2D eigenvalue weighted by atomic mass is 9.89. The highest BCUT2D eigenvalue weighted by molar-refractivity contribution is 6.30. The molecule has 1 aliphatic rings. The molecule has 2 aromatic heterocycles. The normalized spacial score (nSPS) is 18.7. The van der Waals surface area contributed by atoms with Gasteiger partial charge in [-0.05, 0) is 43.9 Å². The van der Waals surface area contributed by atoms with Crippen LogP contribution in [0.25, 0.3) is 11.0 Å². The van der Waals surface area contributed by atoms with Crippen LogP contribution in [0.5, 0.6) is 0 Å². The molecule has 3 N–H and O–H groups in total. The van der Waals surface area contributed by atoms with E-state index in [0.717, 1.165) is 30.6 Å². The van der Waals surface area contributed by atoms with Crippen molar-refractivity contribution < 1.29 is 14.3 Å². The molecule has 1 saturated heterocycles. The number of rotatable bonds is 7. The van der Waals surface area contributed by atoms with Gasteiger partial charge in [-0.3, -0.25) is 9.89 Å². The summed E-state index contributed by atoms with van der Waals surface area (Å²) in [6, 6.07) is 3.11. The molecule has 0 spiro atoms. The summed E-state index contributed by atoms with van der Waals surface area (Å²) in [6.45, 7) is 3.05. The summed E-state index contributed by atoms with van der Waals surface area (Å²) in [5.41, 5.74) is 1.04. The third-order valence-corrected chi connectivity index (χ3v) is 5.77. The molecule has 164 valence electrons. The number of carbonyl (C=O) groups excluding carboxylic acids is 1. The van der Waals surface area contributed by atoms with Crippen LogP contribution >= 0.6 is 11.6 Å². The highest BCUT2D eigenvalue weighted by Crippen LogP contribution is 2.28. The van der Waals surface area contributed by atoms with Gasteiger partial charge in [0.2, 0.25) is 0 Å². The number of hydrogen-bond acceptors (Lipinski definition) is 7. The number of H-pyrrole nitrogens is 1. The molecule has 1 fully saturated rings. The number of fused-ring (bicyclic) bond motifs is 1. The minimum absolute atomic E-state index is 0.109. The van der Waals surface area contributed by atoms with E-state index in [9.17, 15) is 14.3 Å². The van der Waals surface area contributed by atoms with E-state index in [1.165, 1.54) is 24.5 Å². The second kappa shape index (κ2) is 9.15. The molecule has 0 unspecified atom stereocenters. The van der Waals surface area contributed by atoms with Crippen LogP contribution in [0.4, 0.5) is 15.9 Å². The summed E-state index contributed by atoms with van der Waals surface area (Å²) >= 11 is 5.91. The summed E-state index contributed by atoms with van der Waals surface area (Å²) in [7, 11) is 0. The van der Waals surface area contributed by atoms with Crippen LogP contribution in [0.3, 0.4) is 0 Å². The molecule has 1 aromatic carbocycles. The predicted molar refractivity (Wildman–Crippen MR) is 117 cm³/mol. The van der Waals surface area contributed by atoms with Gasteiger partial charge in [0.15, 0.2) is 11.4 Å². The van der Waals surface area contributed by atoms with Crippen molar-refractivity contribution in [2.45, 2.75) is 38.3 Å². The third kappa shape index (κ3) is 4.94. The van der Waals surface area contributed by atoms with Gasteiger partial charge in [-0.2, -0.15) is 5.10 Å². The van der Waals surface area contributed by atoms with Crippen LogP contribution in [0.2, 0.25) is 5.02 Å². The molecule has 3 heterocycles. The molecule has 1 aliphatic heterocycles. The number of aromatic amines is 1. The molecule has 0 aliphatic carbocycles. The Hall–Kier alpha value is -2.78. The zero-order valence-corrected chi connectivity index (χ0v) is 17.8. The van der Waals surface area contributed by atoms with Crippen molar-refractivity contribution in [1.82, 2.24) is 20.2 Å². The number of nitrogens with zero attached hydrogens (tertiary/aromatic N) is 4. The monoisotopic (exact) mass is 446 g/mol. The lowest BCUT2D eigenvalue weighted by molar-refractivity contribution is -0.122. The van der Waals surface area contributed by atoms with E-state index in [2.05, 4.69) is 30.4 Å². The smallest absolute Gasteiger partial charge is 0.160 e. The Kier molecular flexibility index (Phi) is 6.33. The zero-order chi connectivity index (χ0) is 22.0. The number of halogens is 2. The highest BCUT2D eigenvalue weighted by Gasteiger charge is 2.29. The SMILES string of the molecule is C[C@@H](O)[C@@H](Nc1cc(F)cc(Cl)c1)C(=O)C[C@@H]1CCCN(c2ncnc3[nH]ncc23)C1. The van der Waals surface area contributed by atoms with Crippen molar-refractivity contribution in [3.63, 3.8) is 0 Å². The molecule has 10 heteroatoms. The van der Waals surface area contributed by atoms with E-state index in [0.29, 0.717) is 24.3 Å². The zero-order valence-electron chi connectivity index (χ0n) is 17.1. The number of aromatic nitrogens is 4. The van der Waals surface area contributed by atoms with Crippen LogP contribution in [0.15, 0.2) is 30.7 Å². The molecular formula is C21H24ClFN6O2. The van der Waals surface area contributed by atoms with Gasteiger partial charge in [0.1, 0.15) is 24.0 Å². The summed E-state index contributed by atoms with van der Waals surface area (Å²) < 4.78 is 13.7. The van der Waals surface area contributed by atoms with Gasteiger partial charge in [0, 0.05) is 30.2 Å². The number of nitrogens with one attached hydrogen (secondary N) is 2. The quantitative estimate of drug-likeness (QED) is 0.511. The van der Waals surface area contributed by atoms with Gasteiger partial charge in [-0.25, -0.2) is 14.4 Å². The van der Waals surface area contributed by atoms with Gasteiger partial charge in [0.25, 0.3) is 0 Å². The number of piperidine rings is 1. The molecular weight excluding hydrogens is 423 g/mol. The van der Waals surface area contributed by atoms with Crippen molar-refractivity contribution in [2.24, 2.45) is 5.92 Å². The Morgan fingerprint density at radius 2 is 2.26 bits per heavy atom. The maximum absolute atomic E-state index is 13.7. The Labute approximate surface area is 183 Å². The number of ketones is 1. The summed E-state index contributed by atoms with van der Waals surface area (Å²) in [6.07, 6.45) is 4.39. The summed E-state index contributed by atoms with van der Waals surface area (Å²) in [5.74, 6) is 0.274. The van der Waals surface area contributed by atoms with Crippen molar-refractivity contribution in [2.75, 3.05) is 23.3 Å². The molecule has 0 bridgehead atoms. The van der Waals surface area contributed by atoms with E-state index in [1.807, 2.05) is 0 Å². The molecule has 3 aromatic rings. The van der Waals surface area contributed by atoms with E-state index >= 15 is 0 Å². The maximum Gasteiger partial charge on any atom is 0.160 e. The molecule has 0 amide bonds. The second-order valence-corrected chi connectivity index (χ2v) is 8.41. The Balaban J connectivity index is 1.45. The number of anilines is 2. The average molecular weight is 447 g/mol. The molecule has 0 radical (unpaired) electrons. The first-order valence-corrected chi connectivity index (χ1v) is 10.6. The molecule has 31 heavy (non-hydrogen) atoms. The van der Waals surface area contributed by atoms with Gasteiger partial charge >= 0.3 is 0 Å². The van der Waals surface area contributed by atoms with Crippen molar-refractivity contribution in [3.05, 3.63) is 41.6 Å². The lowest BCUT2D eigenvalue weighted by Gasteiger charge is -2.34. The number of hydrogen-bond donors (Lipinski definition) is 3. The average Bonchev–Trinajstić information content (AvgIpc) is 3.20. The van der Waals surface area contributed by atoms with Crippen LogP contribution < -0.4 is 10.2 Å². The van der Waals surface area contributed by atoms with E-state index in [1.54, 1.807) is 13.1 Å². The maximum atomic E-state index is 13.7. The Morgan fingerprint density at radius 3 is 3.03 bits per heavy atom. The fourth-order valence-corrected chi connectivity index (χ4v) is 4.35. The Bertz CT molecular complexity index is 1050. The number of carbonyl (C=O) groups is 1. The largest absolute Gasteiger partial charge is 0.391 e. The Morgan fingerprint density at radius 1 is 1.42 bits per heavy atom. The molecule has 8 nitrogen and oxygen atoms in total. The molecule has 4 rings (SSSR count). The summed E-state index contributed by atoms with van der Waals surface area (Å²) in [4.78, 5) is 23.8. The van der Waals surface area contributed by atoms with E-state index in [-0.39, 0.29) is 16.7 Å². The topological polar surface area (TPSA) is 107 Å². The van der Waals surface area contributed by atoms with Crippen LogP contribution in [0.1, 0.15) is 26.2 Å². The fraction of sp³-hybridized carbons (Fsp3) is 0.429. The second-order valence-electron chi connectivity index (χ2n) is 7.98. The molecule has 3 atom stereocenters. The van der Waals surface area contributed by atoms with Crippen molar-refractivity contribution in [1.29, 1.82) is 0 Å². The van der Waals surface area contributed by atoms with Gasteiger partial charge in [-0.1, -0.05) is 11.6 Å². The van der Waals surface area contributed by atoms with E-state index in [4.69, 9.17) is 11.6 Å². The van der Waals surface area contributed by atoms with Gasteiger partial charge in [-0.15, -0.1) is 0 Å². The van der Waals surface area contributed by atoms with Crippen LogP contribution in [-0.4, -0.2) is 56.3 Å². The van der Waals surface area contributed by atoms with Gasteiger partial charge < -0.3 is 15.3 Å². The first-order chi connectivity index (χ1) is 14.9. The van der Waals surface area contributed by atoms with Crippen LogP contribution in [0, 0.1) is 11.7 Å². The lowest BCUT2D eigenvalue weighted by Crippen LogP contribution is -2.42. The fourth-order valence-electron chi connectivity index (χ4n) is 4.13. The van der Waals surface area contributed by atoms with E-state index < -0.39 is 18.0 Å². The van der Waals surface area contributed by atoms with Crippen molar-refractivity contribution >= 4 is 39.9 Å². The van der Waals surface area contributed by atoms with Crippen molar-refractivity contribution in [3.8, 4) is 0 Å². The standard InChI is InChI=1S/C21H24ClFN6O2/c1-12(30)19(27-16-7-14(22)6-15(23)8-16)18(31)5-13-3-2-4-29(10-13)21-17-9-26-28-20(17)24-11-25-21/h6-9,11-13,19,27,30H,2-5,10H2,1H3,(H,24,25,26,28)/t12-,13+,19-/m1/s1. The number of aliphatic hydroxyl groups is 1. The molecule has 0 saturated carbocycles. The minimum Gasteiger partial charge on any atom is -0.391 e. The van der Waals surface area contributed by atoms with Gasteiger partial charge in [0.05, 0.1) is 17.7 Å². The predicted octanol–water partition coefficient (Wildman–Crippen LogP) is 3.18.